The normalized spacial score (nSPS) is 29.5. The van der Waals surface area contributed by atoms with E-state index >= 15 is 0 Å². The number of esters is 3. The second kappa shape index (κ2) is 9.30. The van der Waals surface area contributed by atoms with Crippen LogP contribution >= 0.6 is 0 Å². The summed E-state index contributed by atoms with van der Waals surface area (Å²) in [6, 6.07) is 3.85. The number of hydrogen-bond donors (Lipinski definition) is 2. The molecule has 38 heavy (non-hydrogen) atoms. The van der Waals surface area contributed by atoms with Crippen molar-refractivity contribution in [2.75, 3.05) is 7.11 Å². The lowest BCUT2D eigenvalue weighted by molar-refractivity contribution is -0.180. The Labute approximate surface area is 218 Å². The quantitative estimate of drug-likeness (QED) is 0.374. The van der Waals surface area contributed by atoms with E-state index in [9.17, 15) is 24.3 Å². The highest BCUT2D eigenvalue weighted by molar-refractivity contribution is 5.86. The highest BCUT2D eigenvalue weighted by Gasteiger charge is 2.71. The van der Waals surface area contributed by atoms with Gasteiger partial charge < -0.3 is 33.9 Å². The van der Waals surface area contributed by atoms with Gasteiger partial charge in [0.05, 0.1) is 24.5 Å². The second-order valence-electron chi connectivity index (χ2n) is 10.3. The third-order valence-electron chi connectivity index (χ3n) is 8.24. The van der Waals surface area contributed by atoms with Gasteiger partial charge in [0.15, 0.2) is 23.7 Å². The molecule has 1 saturated carbocycles. The van der Waals surface area contributed by atoms with Crippen LogP contribution in [0.5, 0.6) is 11.5 Å². The molecule has 0 radical (unpaired) electrons. The Hall–Kier alpha value is -3.60. The van der Waals surface area contributed by atoms with E-state index in [0.717, 1.165) is 37.3 Å². The van der Waals surface area contributed by atoms with Crippen molar-refractivity contribution >= 4 is 23.9 Å². The maximum atomic E-state index is 13.0. The number of methoxy groups -OCH3 is 1. The van der Waals surface area contributed by atoms with Gasteiger partial charge in [0.2, 0.25) is 6.10 Å². The molecule has 1 aliphatic heterocycles. The largest absolute Gasteiger partial charge is 0.493 e. The summed E-state index contributed by atoms with van der Waals surface area (Å²) in [7, 11) is 1.54. The minimum absolute atomic E-state index is 0.0232. The summed E-state index contributed by atoms with van der Waals surface area (Å²) in [5.41, 5.74) is 0.0872. The molecule has 4 aliphatic rings. The third-order valence-corrected chi connectivity index (χ3v) is 8.24. The summed E-state index contributed by atoms with van der Waals surface area (Å²) in [6.45, 7) is 2.30. The standard InChI is InChI=1S/C27H30O11/c1-13(35-25(32)19(12-20(29)30)36-14(2)28)24(31)37-18-8-10-27(33)16-5-4-9-26(27)21-15(11-16)6-7-17(34-3)22(21)38-23(18)26/h6-8,13,16,19,23,33H,4-5,9-12H2,1-3H3,(H,29,30)/t13-,16+,19-,23-,26?,27+/m0/s1. The fourth-order valence-corrected chi connectivity index (χ4v) is 6.71. The van der Waals surface area contributed by atoms with E-state index in [-0.39, 0.29) is 18.1 Å². The van der Waals surface area contributed by atoms with Gasteiger partial charge in [0, 0.05) is 12.5 Å². The molecule has 0 aromatic heterocycles. The number of ether oxygens (including phenoxy) is 5. The molecule has 2 bridgehead atoms. The van der Waals surface area contributed by atoms with Gasteiger partial charge in [-0.2, -0.15) is 0 Å². The van der Waals surface area contributed by atoms with Crippen LogP contribution in [0, 0.1) is 5.92 Å². The van der Waals surface area contributed by atoms with Gasteiger partial charge in [-0.05, 0) is 56.2 Å². The first-order valence-electron chi connectivity index (χ1n) is 12.6. The predicted octanol–water partition coefficient (Wildman–Crippen LogP) is 1.95. The van der Waals surface area contributed by atoms with Crippen molar-refractivity contribution in [1.29, 1.82) is 0 Å². The number of rotatable bonds is 8. The van der Waals surface area contributed by atoms with E-state index in [1.165, 1.54) is 6.92 Å². The topological polar surface area (TPSA) is 155 Å². The monoisotopic (exact) mass is 530 g/mol. The average Bonchev–Trinajstić information content (AvgIpc) is 3.19. The molecule has 2 N–H and O–H groups in total. The van der Waals surface area contributed by atoms with Crippen LogP contribution in [-0.2, 0) is 45.2 Å². The predicted molar refractivity (Wildman–Crippen MR) is 127 cm³/mol. The van der Waals surface area contributed by atoms with Gasteiger partial charge in [-0.25, -0.2) is 9.59 Å². The molecule has 0 amide bonds. The van der Waals surface area contributed by atoms with Gasteiger partial charge in [0.1, 0.15) is 5.76 Å². The number of carbonyl (C=O) groups excluding carboxylic acids is 3. The van der Waals surface area contributed by atoms with E-state index < -0.39 is 59.6 Å². The van der Waals surface area contributed by atoms with Gasteiger partial charge >= 0.3 is 23.9 Å². The van der Waals surface area contributed by atoms with Gasteiger partial charge in [-0.15, -0.1) is 0 Å². The number of hydrogen-bond acceptors (Lipinski definition) is 10. The maximum absolute atomic E-state index is 13.0. The second-order valence-corrected chi connectivity index (χ2v) is 10.3. The molecule has 3 aliphatic carbocycles. The summed E-state index contributed by atoms with van der Waals surface area (Å²) < 4.78 is 27.5. The fraction of sp³-hybridized carbons (Fsp3) is 0.556. The number of carbonyl (C=O) groups is 4. The first-order chi connectivity index (χ1) is 18.0. The zero-order chi connectivity index (χ0) is 27.4. The number of benzene rings is 1. The SMILES string of the molecule is COc1ccc2c3c1O[C@H]1C(OC(=O)[C@H](C)OC(=O)[C@H](CC(=O)O)OC(C)=O)=CC[C@@]4(O)[C@H](CCCC314)C2. The lowest BCUT2D eigenvalue weighted by Crippen LogP contribution is -2.67. The van der Waals surface area contributed by atoms with Gasteiger partial charge in [-0.1, -0.05) is 12.5 Å². The summed E-state index contributed by atoms with van der Waals surface area (Å²) in [4.78, 5) is 47.8. The molecule has 1 heterocycles. The van der Waals surface area contributed by atoms with Crippen LogP contribution in [0.3, 0.4) is 0 Å². The molecule has 204 valence electrons. The summed E-state index contributed by atoms with van der Waals surface area (Å²) in [6.07, 6.45) is 0.276. The van der Waals surface area contributed by atoms with Crippen LogP contribution in [0.1, 0.15) is 57.1 Å². The van der Waals surface area contributed by atoms with Crippen LogP contribution in [0.15, 0.2) is 24.0 Å². The molecule has 5 rings (SSSR count). The maximum Gasteiger partial charge on any atom is 0.352 e. The molecule has 1 spiro atoms. The molecular formula is C27H30O11. The Morgan fingerprint density at radius 1 is 1.18 bits per heavy atom. The van der Waals surface area contributed by atoms with Crippen LogP contribution in [0.4, 0.5) is 0 Å². The first kappa shape index (κ1) is 26.0. The van der Waals surface area contributed by atoms with Crippen molar-refractivity contribution in [2.45, 2.75) is 81.7 Å². The molecule has 11 heteroatoms. The van der Waals surface area contributed by atoms with Crippen LogP contribution in [-0.4, -0.2) is 65.1 Å². The molecule has 6 atom stereocenters. The van der Waals surface area contributed by atoms with Crippen molar-refractivity contribution < 1.29 is 53.1 Å². The zero-order valence-electron chi connectivity index (χ0n) is 21.4. The molecule has 1 aromatic carbocycles. The molecule has 1 aromatic rings. The molecule has 11 nitrogen and oxygen atoms in total. The zero-order valence-corrected chi connectivity index (χ0v) is 21.4. The highest BCUT2D eigenvalue weighted by Crippen LogP contribution is 2.67. The van der Waals surface area contributed by atoms with Gasteiger partial charge in [0.25, 0.3) is 0 Å². The van der Waals surface area contributed by atoms with Crippen LogP contribution in [0.25, 0.3) is 0 Å². The molecule has 0 saturated heterocycles. The minimum Gasteiger partial charge on any atom is -0.493 e. The Morgan fingerprint density at radius 3 is 2.63 bits per heavy atom. The Balaban J connectivity index is 1.40. The van der Waals surface area contributed by atoms with E-state index in [0.29, 0.717) is 17.9 Å². The van der Waals surface area contributed by atoms with E-state index in [1.54, 1.807) is 13.2 Å². The number of aliphatic hydroxyl groups is 1. The molecule has 1 unspecified atom stereocenters. The molecule has 1 fully saturated rings. The molecular weight excluding hydrogens is 500 g/mol. The Kier molecular flexibility index (Phi) is 6.37. The highest BCUT2D eigenvalue weighted by atomic mass is 16.6. The van der Waals surface area contributed by atoms with Crippen LogP contribution < -0.4 is 9.47 Å². The van der Waals surface area contributed by atoms with E-state index in [1.807, 2.05) is 12.1 Å². The van der Waals surface area contributed by atoms with E-state index in [2.05, 4.69) is 0 Å². The van der Waals surface area contributed by atoms with Gasteiger partial charge in [-0.3, -0.25) is 9.59 Å². The number of carboxylic acid groups (broad SMARTS) is 1. The van der Waals surface area contributed by atoms with Crippen molar-refractivity contribution in [3.8, 4) is 11.5 Å². The summed E-state index contributed by atoms with van der Waals surface area (Å²) in [5.74, 6) is -3.05. The van der Waals surface area contributed by atoms with Crippen molar-refractivity contribution in [1.82, 2.24) is 0 Å². The summed E-state index contributed by atoms with van der Waals surface area (Å²) >= 11 is 0. The van der Waals surface area contributed by atoms with Crippen molar-refractivity contribution in [3.05, 3.63) is 35.1 Å². The first-order valence-corrected chi connectivity index (χ1v) is 12.6. The summed E-state index contributed by atoms with van der Waals surface area (Å²) in [5, 5.41) is 21.1. The number of aliphatic carboxylic acids is 1. The lowest BCUT2D eigenvalue weighted by Gasteiger charge is -2.59. The third kappa shape index (κ3) is 3.82. The van der Waals surface area contributed by atoms with Crippen molar-refractivity contribution in [2.24, 2.45) is 5.92 Å². The average molecular weight is 531 g/mol. The Bertz CT molecular complexity index is 1220. The number of carboxylic acids is 1. The fourth-order valence-electron chi connectivity index (χ4n) is 6.71. The van der Waals surface area contributed by atoms with E-state index in [4.69, 9.17) is 28.8 Å². The Morgan fingerprint density at radius 2 is 1.95 bits per heavy atom. The lowest BCUT2D eigenvalue weighted by atomic mass is 9.47. The van der Waals surface area contributed by atoms with Crippen molar-refractivity contribution in [3.63, 3.8) is 0 Å². The minimum atomic E-state index is -1.71. The van der Waals surface area contributed by atoms with Crippen LogP contribution in [0.2, 0.25) is 0 Å². The smallest absolute Gasteiger partial charge is 0.352 e.